The third-order valence-corrected chi connectivity index (χ3v) is 3.25. The van der Waals surface area contributed by atoms with E-state index >= 15 is 0 Å². The number of nitrogens with zero attached hydrogens (tertiary/aromatic N) is 2. The molecule has 0 atom stereocenters. The molecule has 0 aliphatic rings. The van der Waals surface area contributed by atoms with E-state index in [1.54, 1.807) is 11.3 Å². The van der Waals surface area contributed by atoms with Crippen LogP contribution in [0.5, 0.6) is 0 Å². The first-order valence-electron chi connectivity index (χ1n) is 4.74. The average Bonchev–Trinajstić information content (AvgIpc) is 2.58. The molecule has 0 fully saturated rings. The van der Waals surface area contributed by atoms with E-state index in [4.69, 9.17) is 5.73 Å². The molecular weight excluding hydrogens is 206 g/mol. The van der Waals surface area contributed by atoms with Gasteiger partial charge in [0.1, 0.15) is 11.6 Å². The van der Waals surface area contributed by atoms with Crippen LogP contribution in [0.2, 0.25) is 0 Å². The molecular formula is C11H13N3S. The van der Waals surface area contributed by atoms with Crippen molar-refractivity contribution in [2.24, 2.45) is 0 Å². The fraction of sp³-hybridized carbons (Fsp3) is 0.273. The molecule has 3 nitrogen and oxygen atoms in total. The van der Waals surface area contributed by atoms with E-state index in [-0.39, 0.29) is 0 Å². The fourth-order valence-electron chi connectivity index (χ4n) is 1.54. The van der Waals surface area contributed by atoms with E-state index in [2.05, 4.69) is 28.3 Å². The number of hydrogen-bond acceptors (Lipinski definition) is 4. The molecule has 0 saturated heterocycles. The Balaban J connectivity index is 2.68. The maximum Gasteiger partial charge on any atom is 0.130 e. The summed E-state index contributed by atoms with van der Waals surface area (Å²) in [4.78, 5) is 9.86. The van der Waals surface area contributed by atoms with Gasteiger partial charge in [0.15, 0.2) is 0 Å². The van der Waals surface area contributed by atoms with Crippen LogP contribution in [0.3, 0.4) is 0 Å². The van der Waals surface area contributed by atoms with Crippen molar-refractivity contribution >= 4 is 17.2 Å². The Labute approximate surface area is 93.0 Å². The minimum atomic E-state index is 0.572. The molecule has 0 aliphatic carbocycles. The standard InChI is InChI=1S/C11H13N3S/c1-6-10(9-4-5-15-7(9)2)13-8(3)14-11(6)12/h4-5H,1-3H3,(H2,12,13,14). The van der Waals surface area contributed by atoms with Gasteiger partial charge in [0.2, 0.25) is 0 Å². The Bertz CT molecular complexity index is 503. The van der Waals surface area contributed by atoms with E-state index in [1.807, 2.05) is 13.8 Å². The van der Waals surface area contributed by atoms with Crippen LogP contribution in [-0.2, 0) is 0 Å². The van der Waals surface area contributed by atoms with Crippen LogP contribution in [0.15, 0.2) is 11.4 Å². The lowest BCUT2D eigenvalue weighted by Gasteiger charge is -2.07. The maximum absolute atomic E-state index is 5.83. The van der Waals surface area contributed by atoms with Gasteiger partial charge in [0, 0.05) is 16.0 Å². The van der Waals surface area contributed by atoms with Gasteiger partial charge >= 0.3 is 0 Å². The molecule has 0 bridgehead atoms. The molecule has 2 heterocycles. The molecule has 78 valence electrons. The van der Waals surface area contributed by atoms with Crippen molar-refractivity contribution in [3.05, 3.63) is 27.7 Å². The van der Waals surface area contributed by atoms with Gasteiger partial charge in [-0.3, -0.25) is 0 Å². The Morgan fingerprint density at radius 2 is 1.93 bits per heavy atom. The molecule has 2 rings (SSSR count). The van der Waals surface area contributed by atoms with Crippen LogP contribution < -0.4 is 5.73 Å². The number of aryl methyl sites for hydroxylation is 2. The predicted octanol–water partition coefficient (Wildman–Crippen LogP) is 2.71. The van der Waals surface area contributed by atoms with Gasteiger partial charge in [-0.2, -0.15) is 0 Å². The number of nitrogen functional groups attached to an aromatic ring is 1. The summed E-state index contributed by atoms with van der Waals surface area (Å²) in [5.41, 5.74) is 8.91. The fourth-order valence-corrected chi connectivity index (χ4v) is 2.24. The van der Waals surface area contributed by atoms with E-state index in [9.17, 15) is 0 Å². The Morgan fingerprint density at radius 3 is 2.53 bits per heavy atom. The normalized spacial score (nSPS) is 10.6. The molecule has 0 aliphatic heterocycles. The van der Waals surface area contributed by atoms with Crippen molar-refractivity contribution < 1.29 is 0 Å². The summed E-state index contributed by atoms with van der Waals surface area (Å²) in [5.74, 6) is 1.29. The van der Waals surface area contributed by atoms with Crippen LogP contribution in [0.4, 0.5) is 5.82 Å². The van der Waals surface area contributed by atoms with Crippen molar-refractivity contribution in [1.82, 2.24) is 9.97 Å². The van der Waals surface area contributed by atoms with Gasteiger partial charge in [0.05, 0.1) is 5.69 Å². The molecule has 4 heteroatoms. The third kappa shape index (κ3) is 1.72. The number of rotatable bonds is 1. The third-order valence-electron chi connectivity index (χ3n) is 2.41. The largest absolute Gasteiger partial charge is 0.383 e. The van der Waals surface area contributed by atoms with Crippen molar-refractivity contribution in [3.8, 4) is 11.3 Å². The first-order valence-corrected chi connectivity index (χ1v) is 5.62. The summed E-state index contributed by atoms with van der Waals surface area (Å²) in [6.45, 7) is 5.91. The molecule has 0 radical (unpaired) electrons. The van der Waals surface area contributed by atoms with Crippen LogP contribution in [0, 0.1) is 20.8 Å². The van der Waals surface area contributed by atoms with Crippen LogP contribution >= 0.6 is 11.3 Å². The van der Waals surface area contributed by atoms with Crippen LogP contribution in [0.25, 0.3) is 11.3 Å². The van der Waals surface area contributed by atoms with E-state index in [0.29, 0.717) is 5.82 Å². The zero-order valence-electron chi connectivity index (χ0n) is 9.03. The van der Waals surface area contributed by atoms with Gasteiger partial charge in [-0.1, -0.05) is 0 Å². The highest BCUT2D eigenvalue weighted by Gasteiger charge is 2.11. The molecule has 0 amide bonds. The highest BCUT2D eigenvalue weighted by molar-refractivity contribution is 7.10. The summed E-state index contributed by atoms with van der Waals surface area (Å²) < 4.78 is 0. The second-order valence-electron chi connectivity index (χ2n) is 3.52. The number of hydrogen-bond donors (Lipinski definition) is 1. The second kappa shape index (κ2) is 3.62. The highest BCUT2D eigenvalue weighted by atomic mass is 32.1. The van der Waals surface area contributed by atoms with Gasteiger partial charge in [-0.05, 0) is 32.2 Å². The van der Waals surface area contributed by atoms with Crippen molar-refractivity contribution in [1.29, 1.82) is 0 Å². The number of anilines is 1. The van der Waals surface area contributed by atoms with Crippen molar-refractivity contribution in [2.75, 3.05) is 5.73 Å². The molecule has 2 aromatic rings. The molecule has 0 saturated carbocycles. The Hall–Kier alpha value is -1.42. The highest BCUT2D eigenvalue weighted by Crippen LogP contribution is 2.29. The monoisotopic (exact) mass is 219 g/mol. The predicted molar refractivity (Wildman–Crippen MR) is 64.0 cm³/mol. The lowest BCUT2D eigenvalue weighted by molar-refractivity contribution is 1.05. The van der Waals surface area contributed by atoms with Crippen molar-refractivity contribution in [2.45, 2.75) is 20.8 Å². The van der Waals surface area contributed by atoms with Crippen molar-refractivity contribution in [3.63, 3.8) is 0 Å². The summed E-state index contributed by atoms with van der Waals surface area (Å²) >= 11 is 1.72. The lowest BCUT2D eigenvalue weighted by atomic mass is 10.1. The van der Waals surface area contributed by atoms with Gasteiger partial charge < -0.3 is 5.73 Å². The zero-order valence-corrected chi connectivity index (χ0v) is 9.85. The zero-order chi connectivity index (χ0) is 11.0. The SMILES string of the molecule is Cc1nc(N)c(C)c(-c2ccsc2C)n1. The minimum absolute atomic E-state index is 0.572. The molecule has 2 aromatic heterocycles. The number of nitrogens with two attached hydrogens (primary N) is 1. The van der Waals surface area contributed by atoms with Crippen LogP contribution in [-0.4, -0.2) is 9.97 Å². The number of thiophene rings is 1. The molecule has 0 aromatic carbocycles. The summed E-state index contributed by atoms with van der Waals surface area (Å²) in [6.07, 6.45) is 0. The Morgan fingerprint density at radius 1 is 1.20 bits per heavy atom. The average molecular weight is 219 g/mol. The second-order valence-corrected chi connectivity index (χ2v) is 4.64. The van der Waals surface area contributed by atoms with Crippen LogP contribution in [0.1, 0.15) is 16.3 Å². The van der Waals surface area contributed by atoms with Gasteiger partial charge in [-0.25, -0.2) is 9.97 Å². The lowest BCUT2D eigenvalue weighted by Crippen LogP contribution is -2.01. The summed E-state index contributed by atoms with van der Waals surface area (Å²) in [6, 6.07) is 2.08. The molecule has 0 spiro atoms. The quantitative estimate of drug-likeness (QED) is 0.802. The smallest absolute Gasteiger partial charge is 0.130 e. The molecule has 0 unspecified atom stereocenters. The summed E-state index contributed by atoms with van der Waals surface area (Å²) in [5, 5.41) is 2.07. The minimum Gasteiger partial charge on any atom is -0.383 e. The van der Waals surface area contributed by atoms with E-state index < -0.39 is 0 Å². The Kier molecular flexibility index (Phi) is 2.44. The molecule has 15 heavy (non-hydrogen) atoms. The van der Waals surface area contributed by atoms with Gasteiger partial charge in [0.25, 0.3) is 0 Å². The molecule has 2 N–H and O–H groups in total. The first-order chi connectivity index (χ1) is 7.09. The topological polar surface area (TPSA) is 51.8 Å². The summed E-state index contributed by atoms with van der Waals surface area (Å²) in [7, 11) is 0. The van der Waals surface area contributed by atoms with E-state index in [0.717, 1.165) is 22.6 Å². The maximum atomic E-state index is 5.83. The van der Waals surface area contributed by atoms with Gasteiger partial charge in [-0.15, -0.1) is 11.3 Å². The number of aromatic nitrogens is 2. The van der Waals surface area contributed by atoms with E-state index in [1.165, 1.54) is 4.88 Å². The first kappa shape index (κ1) is 10.1.